The molecule has 1 atom stereocenters. The zero-order valence-corrected chi connectivity index (χ0v) is 9.79. The summed E-state index contributed by atoms with van der Waals surface area (Å²) in [5.74, 6) is 0.887. The molecular formula is C13H18N2O. The van der Waals surface area contributed by atoms with Gasteiger partial charge in [0.1, 0.15) is 5.75 Å². The van der Waals surface area contributed by atoms with Gasteiger partial charge in [0.2, 0.25) is 0 Å². The van der Waals surface area contributed by atoms with Gasteiger partial charge < -0.3 is 15.5 Å². The summed E-state index contributed by atoms with van der Waals surface area (Å²) in [4.78, 5) is 3.26. The fourth-order valence-electron chi connectivity index (χ4n) is 1.88. The molecule has 3 heteroatoms. The Kier molecular flexibility index (Phi) is 3.15. The molecule has 2 aromatic rings. The highest BCUT2D eigenvalue weighted by Gasteiger charge is 2.08. The average Bonchev–Trinajstić information content (AvgIpc) is 2.71. The third kappa shape index (κ3) is 2.04. The highest BCUT2D eigenvalue weighted by atomic mass is 16.5. The Morgan fingerprint density at radius 3 is 2.94 bits per heavy atom. The minimum absolute atomic E-state index is 0.227. The molecule has 0 saturated heterocycles. The van der Waals surface area contributed by atoms with Crippen LogP contribution in [0.2, 0.25) is 0 Å². The standard InChI is InChI=1S/C13H18N2O/c1-3-10(14)6-9-8-15-13-5-4-11(16-2)7-12(9)13/h4-5,7-8,10,15H,3,6,14H2,1-2H3/t10-/m0/s1. The van der Waals surface area contributed by atoms with Crippen LogP contribution in [0.15, 0.2) is 24.4 Å². The number of rotatable bonds is 4. The van der Waals surface area contributed by atoms with Crippen molar-refractivity contribution in [1.82, 2.24) is 4.98 Å². The van der Waals surface area contributed by atoms with E-state index in [0.717, 1.165) is 24.1 Å². The van der Waals surface area contributed by atoms with E-state index in [1.54, 1.807) is 7.11 Å². The van der Waals surface area contributed by atoms with Crippen molar-refractivity contribution in [3.05, 3.63) is 30.0 Å². The van der Waals surface area contributed by atoms with Crippen molar-refractivity contribution in [2.45, 2.75) is 25.8 Å². The minimum Gasteiger partial charge on any atom is -0.497 e. The summed E-state index contributed by atoms with van der Waals surface area (Å²) < 4.78 is 5.23. The second-order valence-electron chi connectivity index (χ2n) is 4.10. The second-order valence-corrected chi connectivity index (χ2v) is 4.10. The Labute approximate surface area is 95.6 Å². The maximum Gasteiger partial charge on any atom is 0.119 e. The number of nitrogens with two attached hydrogens (primary N) is 1. The normalized spacial score (nSPS) is 12.9. The zero-order valence-electron chi connectivity index (χ0n) is 9.79. The van der Waals surface area contributed by atoms with Crippen LogP contribution >= 0.6 is 0 Å². The van der Waals surface area contributed by atoms with E-state index in [1.807, 2.05) is 18.3 Å². The average molecular weight is 218 g/mol. The molecular weight excluding hydrogens is 200 g/mol. The first-order chi connectivity index (χ1) is 7.74. The van der Waals surface area contributed by atoms with Gasteiger partial charge in [0.15, 0.2) is 0 Å². The number of ether oxygens (including phenoxy) is 1. The first-order valence-electron chi connectivity index (χ1n) is 5.64. The Balaban J connectivity index is 2.38. The number of H-pyrrole nitrogens is 1. The maximum absolute atomic E-state index is 5.98. The van der Waals surface area contributed by atoms with Crippen molar-refractivity contribution in [3.8, 4) is 5.75 Å². The fourth-order valence-corrected chi connectivity index (χ4v) is 1.88. The van der Waals surface area contributed by atoms with Gasteiger partial charge in [-0.25, -0.2) is 0 Å². The number of hydrogen-bond donors (Lipinski definition) is 2. The molecule has 0 radical (unpaired) electrons. The van der Waals surface area contributed by atoms with Gasteiger partial charge in [0, 0.05) is 23.1 Å². The summed E-state index contributed by atoms with van der Waals surface area (Å²) in [5.41, 5.74) is 8.39. The molecule has 16 heavy (non-hydrogen) atoms. The highest BCUT2D eigenvalue weighted by Crippen LogP contribution is 2.24. The van der Waals surface area contributed by atoms with E-state index >= 15 is 0 Å². The van der Waals surface area contributed by atoms with Gasteiger partial charge in [-0.2, -0.15) is 0 Å². The van der Waals surface area contributed by atoms with Gasteiger partial charge in [-0.1, -0.05) is 6.92 Å². The van der Waals surface area contributed by atoms with E-state index in [1.165, 1.54) is 10.9 Å². The summed E-state index contributed by atoms with van der Waals surface area (Å²) in [6.45, 7) is 2.11. The molecule has 0 fully saturated rings. The van der Waals surface area contributed by atoms with Crippen LogP contribution in [0, 0.1) is 0 Å². The summed E-state index contributed by atoms with van der Waals surface area (Å²) in [6, 6.07) is 6.28. The van der Waals surface area contributed by atoms with Crippen molar-refractivity contribution in [2.24, 2.45) is 5.73 Å². The van der Waals surface area contributed by atoms with Crippen molar-refractivity contribution in [3.63, 3.8) is 0 Å². The quantitative estimate of drug-likeness (QED) is 0.828. The van der Waals surface area contributed by atoms with Gasteiger partial charge >= 0.3 is 0 Å². The van der Waals surface area contributed by atoms with Gasteiger partial charge in [-0.3, -0.25) is 0 Å². The lowest BCUT2D eigenvalue weighted by molar-refractivity contribution is 0.415. The summed E-state index contributed by atoms with van der Waals surface area (Å²) in [6.07, 6.45) is 3.94. The van der Waals surface area contributed by atoms with Gasteiger partial charge in [-0.05, 0) is 36.6 Å². The molecule has 3 N–H and O–H groups in total. The maximum atomic E-state index is 5.98. The molecule has 2 rings (SSSR count). The van der Waals surface area contributed by atoms with Crippen LogP contribution in [0.3, 0.4) is 0 Å². The van der Waals surface area contributed by atoms with Crippen molar-refractivity contribution >= 4 is 10.9 Å². The van der Waals surface area contributed by atoms with Crippen LogP contribution < -0.4 is 10.5 Å². The largest absolute Gasteiger partial charge is 0.497 e. The lowest BCUT2D eigenvalue weighted by Gasteiger charge is -2.07. The second kappa shape index (κ2) is 4.58. The lowest BCUT2D eigenvalue weighted by atomic mass is 10.0. The monoisotopic (exact) mass is 218 g/mol. The smallest absolute Gasteiger partial charge is 0.119 e. The Hall–Kier alpha value is -1.48. The molecule has 0 spiro atoms. The SMILES string of the molecule is CC[C@H](N)Cc1c[nH]c2ccc(OC)cc12. The van der Waals surface area contributed by atoms with E-state index in [9.17, 15) is 0 Å². The van der Waals surface area contributed by atoms with Crippen molar-refractivity contribution in [2.75, 3.05) is 7.11 Å². The molecule has 0 aliphatic rings. The van der Waals surface area contributed by atoms with Crippen LogP contribution in [-0.4, -0.2) is 18.1 Å². The molecule has 1 aromatic carbocycles. The van der Waals surface area contributed by atoms with Crippen LogP contribution in [0.1, 0.15) is 18.9 Å². The molecule has 86 valence electrons. The molecule has 0 aliphatic heterocycles. The van der Waals surface area contributed by atoms with Gasteiger partial charge in [0.25, 0.3) is 0 Å². The predicted octanol–water partition coefficient (Wildman–Crippen LogP) is 2.46. The van der Waals surface area contributed by atoms with E-state index in [4.69, 9.17) is 10.5 Å². The highest BCUT2D eigenvalue weighted by molar-refractivity contribution is 5.84. The first kappa shape index (κ1) is 11.0. The zero-order chi connectivity index (χ0) is 11.5. The van der Waals surface area contributed by atoms with Crippen LogP contribution in [0.5, 0.6) is 5.75 Å². The number of methoxy groups -OCH3 is 1. The number of nitrogens with one attached hydrogen (secondary N) is 1. The molecule has 0 unspecified atom stereocenters. The Morgan fingerprint density at radius 1 is 1.44 bits per heavy atom. The molecule has 0 saturated carbocycles. The first-order valence-corrected chi connectivity index (χ1v) is 5.64. The topological polar surface area (TPSA) is 51.0 Å². The predicted molar refractivity (Wildman–Crippen MR) is 66.8 cm³/mol. The Bertz CT molecular complexity index is 476. The van der Waals surface area contributed by atoms with Crippen LogP contribution in [0.25, 0.3) is 10.9 Å². The Morgan fingerprint density at radius 2 is 2.25 bits per heavy atom. The van der Waals surface area contributed by atoms with Gasteiger partial charge in [-0.15, -0.1) is 0 Å². The van der Waals surface area contributed by atoms with Crippen molar-refractivity contribution in [1.29, 1.82) is 0 Å². The number of aromatic amines is 1. The number of benzene rings is 1. The number of hydrogen-bond acceptors (Lipinski definition) is 2. The van der Waals surface area contributed by atoms with E-state index in [2.05, 4.69) is 18.0 Å². The van der Waals surface area contributed by atoms with Crippen molar-refractivity contribution < 1.29 is 4.74 Å². The summed E-state index contributed by atoms with van der Waals surface area (Å²) in [7, 11) is 1.69. The minimum atomic E-state index is 0.227. The number of aromatic nitrogens is 1. The van der Waals surface area contributed by atoms with Crippen LogP contribution in [0.4, 0.5) is 0 Å². The van der Waals surface area contributed by atoms with Crippen LogP contribution in [-0.2, 0) is 6.42 Å². The fraction of sp³-hybridized carbons (Fsp3) is 0.385. The molecule has 3 nitrogen and oxygen atoms in total. The third-order valence-electron chi connectivity index (χ3n) is 2.98. The van der Waals surface area contributed by atoms with Gasteiger partial charge in [0.05, 0.1) is 7.11 Å². The summed E-state index contributed by atoms with van der Waals surface area (Å²) in [5, 5.41) is 1.21. The van der Waals surface area contributed by atoms with E-state index in [0.29, 0.717) is 0 Å². The molecule has 0 amide bonds. The number of fused-ring (bicyclic) bond motifs is 1. The summed E-state index contributed by atoms with van der Waals surface area (Å²) >= 11 is 0. The molecule has 1 aromatic heterocycles. The van der Waals surface area contributed by atoms with E-state index < -0.39 is 0 Å². The lowest BCUT2D eigenvalue weighted by Crippen LogP contribution is -2.21. The molecule has 1 heterocycles. The molecule has 0 aliphatic carbocycles. The third-order valence-corrected chi connectivity index (χ3v) is 2.98. The molecule has 0 bridgehead atoms. The van der Waals surface area contributed by atoms with E-state index in [-0.39, 0.29) is 6.04 Å².